The summed E-state index contributed by atoms with van der Waals surface area (Å²) in [5.74, 6) is -1.08. The summed E-state index contributed by atoms with van der Waals surface area (Å²) >= 11 is 5.83. The van der Waals surface area contributed by atoms with Gasteiger partial charge in [0.25, 0.3) is 0 Å². The first-order valence-corrected chi connectivity index (χ1v) is 10.4. The predicted octanol–water partition coefficient (Wildman–Crippen LogP) is 2.92. The van der Waals surface area contributed by atoms with Gasteiger partial charge in [-0.1, -0.05) is 23.7 Å². The minimum absolute atomic E-state index is 0.0755. The second-order valence-corrected chi connectivity index (χ2v) is 8.58. The van der Waals surface area contributed by atoms with E-state index in [0.29, 0.717) is 17.9 Å². The zero-order chi connectivity index (χ0) is 20.3. The van der Waals surface area contributed by atoms with Crippen molar-refractivity contribution in [3.8, 4) is 0 Å². The van der Waals surface area contributed by atoms with Crippen LogP contribution in [0.3, 0.4) is 0 Å². The van der Waals surface area contributed by atoms with E-state index in [1.807, 2.05) is 0 Å². The van der Waals surface area contributed by atoms with E-state index in [1.165, 1.54) is 41.7 Å². The molecule has 1 atom stereocenters. The Hall–Kier alpha value is -2.42. The highest BCUT2D eigenvalue weighted by Crippen LogP contribution is 2.28. The molecule has 148 valence electrons. The van der Waals surface area contributed by atoms with Crippen LogP contribution >= 0.6 is 11.6 Å². The van der Waals surface area contributed by atoms with Gasteiger partial charge in [0.2, 0.25) is 15.9 Å². The third-order valence-electron chi connectivity index (χ3n) is 4.52. The Kier molecular flexibility index (Phi) is 6.02. The molecule has 1 aliphatic heterocycles. The topological polar surface area (TPSA) is 92.8 Å². The van der Waals surface area contributed by atoms with Crippen molar-refractivity contribution in [3.05, 3.63) is 59.1 Å². The van der Waals surface area contributed by atoms with Gasteiger partial charge in [0.1, 0.15) is 6.04 Å². The van der Waals surface area contributed by atoms with Crippen LogP contribution in [-0.4, -0.2) is 44.3 Å². The molecule has 1 heterocycles. The summed E-state index contributed by atoms with van der Waals surface area (Å²) in [6.45, 7) is 0.238. The van der Waals surface area contributed by atoms with Crippen LogP contribution in [0, 0.1) is 0 Å². The summed E-state index contributed by atoms with van der Waals surface area (Å²) in [6.07, 6.45) is 0.947. The Morgan fingerprint density at radius 2 is 1.82 bits per heavy atom. The fourth-order valence-electron chi connectivity index (χ4n) is 3.13. The molecule has 1 aliphatic rings. The number of halogens is 1. The quantitative estimate of drug-likeness (QED) is 0.748. The lowest BCUT2D eigenvalue weighted by Gasteiger charge is -2.23. The smallest absolute Gasteiger partial charge is 0.339 e. The first-order valence-electron chi connectivity index (χ1n) is 8.60. The van der Waals surface area contributed by atoms with Crippen LogP contribution in [0.4, 0.5) is 5.69 Å². The maximum absolute atomic E-state index is 13.0. The number of hydrogen-bond donors (Lipinski definition) is 1. The van der Waals surface area contributed by atoms with Crippen molar-refractivity contribution in [1.29, 1.82) is 0 Å². The zero-order valence-electron chi connectivity index (χ0n) is 15.1. The van der Waals surface area contributed by atoms with Crippen molar-refractivity contribution in [2.75, 3.05) is 19.0 Å². The van der Waals surface area contributed by atoms with E-state index < -0.39 is 27.9 Å². The molecule has 1 saturated heterocycles. The minimum Gasteiger partial charge on any atom is -0.465 e. The van der Waals surface area contributed by atoms with Crippen LogP contribution < -0.4 is 5.32 Å². The molecule has 0 unspecified atom stereocenters. The molecule has 0 radical (unpaired) electrons. The van der Waals surface area contributed by atoms with Gasteiger partial charge in [-0.25, -0.2) is 13.2 Å². The summed E-state index contributed by atoms with van der Waals surface area (Å²) in [5.41, 5.74) is 0.471. The number of amides is 1. The highest BCUT2D eigenvalue weighted by Gasteiger charge is 2.39. The number of anilines is 1. The molecular formula is C19H19ClN2O5S. The lowest BCUT2D eigenvalue weighted by Crippen LogP contribution is -2.43. The maximum Gasteiger partial charge on any atom is 0.339 e. The van der Waals surface area contributed by atoms with Gasteiger partial charge in [-0.05, 0) is 49.2 Å². The molecule has 9 heteroatoms. The fraction of sp³-hybridized carbons (Fsp3) is 0.263. The molecule has 0 aromatic heterocycles. The van der Waals surface area contributed by atoms with E-state index in [4.69, 9.17) is 16.3 Å². The van der Waals surface area contributed by atoms with Crippen LogP contribution in [0.25, 0.3) is 0 Å². The number of nitrogens with zero attached hydrogens (tertiary/aromatic N) is 1. The highest BCUT2D eigenvalue weighted by molar-refractivity contribution is 7.89. The Morgan fingerprint density at radius 1 is 1.14 bits per heavy atom. The number of esters is 1. The van der Waals surface area contributed by atoms with Crippen molar-refractivity contribution >= 4 is 39.2 Å². The summed E-state index contributed by atoms with van der Waals surface area (Å²) in [7, 11) is -2.60. The molecule has 1 fully saturated rings. The van der Waals surface area contributed by atoms with Crippen molar-refractivity contribution in [3.63, 3.8) is 0 Å². The fourth-order valence-corrected chi connectivity index (χ4v) is 4.91. The Morgan fingerprint density at radius 3 is 2.50 bits per heavy atom. The van der Waals surface area contributed by atoms with E-state index >= 15 is 0 Å². The van der Waals surface area contributed by atoms with Crippen molar-refractivity contribution in [2.24, 2.45) is 0 Å². The number of hydrogen-bond acceptors (Lipinski definition) is 5. The lowest BCUT2D eigenvalue weighted by molar-refractivity contribution is -0.119. The van der Waals surface area contributed by atoms with Gasteiger partial charge in [0.05, 0.1) is 23.3 Å². The molecule has 7 nitrogen and oxygen atoms in total. The van der Waals surface area contributed by atoms with Crippen molar-refractivity contribution in [2.45, 2.75) is 23.8 Å². The molecule has 1 N–H and O–H groups in total. The van der Waals surface area contributed by atoms with Gasteiger partial charge in [0.15, 0.2) is 0 Å². The maximum atomic E-state index is 13.0. The number of methoxy groups -OCH3 is 1. The van der Waals surface area contributed by atoms with Gasteiger partial charge in [-0.2, -0.15) is 4.31 Å². The molecule has 0 spiro atoms. The Balaban J connectivity index is 1.84. The summed E-state index contributed by atoms with van der Waals surface area (Å²) in [5, 5.41) is 3.09. The predicted molar refractivity (Wildman–Crippen MR) is 105 cm³/mol. The molecular weight excluding hydrogens is 404 g/mol. The second kappa shape index (κ2) is 8.30. The molecule has 1 amide bonds. The molecule has 3 rings (SSSR count). The number of ether oxygens (including phenoxy) is 1. The molecule has 28 heavy (non-hydrogen) atoms. The van der Waals surface area contributed by atoms with Gasteiger partial charge in [-0.3, -0.25) is 4.79 Å². The van der Waals surface area contributed by atoms with Crippen molar-refractivity contribution in [1.82, 2.24) is 4.31 Å². The Labute approximate surface area is 168 Å². The average molecular weight is 423 g/mol. The minimum atomic E-state index is -3.85. The summed E-state index contributed by atoms with van der Waals surface area (Å²) in [6, 6.07) is 11.3. The molecule has 0 bridgehead atoms. The summed E-state index contributed by atoms with van der Waals surface area (Å²) < 4.78 is 31.8. The number of carbonyl (C=O) groups is 2. The van der Waals surface area contributed by atoms with Gasteiger partial charge < -0.3 is 10.1 Å². The Bertz CT molecular complexity index is 992. The molecule has 0 aliphatic carbocycles. The zero-order valence-corrected chi connectivity index (χ0v) is 16.7. The monoisotopic (exact) mass is 422 g/mol. The number of rotatable bonds is 5. The first-order chi connectivity index (χ1) is 13.3. The number of nitrogens with one attached hydrogen (secondary N) is 1. The van der Waals surface area contributed by atoms with Gasteiger partial charge in [-0.15, -0.1) is 0 Å². The first kappa shape index (κ1) is 20.3. The second-order valence-electron chi connectivity index (χ2n) is 6.25. The van der Waals surface area contributed by atoms with Crippen LogP contribution in [-0.2, 0) is 19.6 Å². The van der Waals surface area contributed by atoms with Gasteiger partial charge >= 0.3 is 5.97 Å². The lowest BCUT2D eigenvalue weighted by atomic mass is 10.1. The number of sulfonamides is 1. The largest absolute Gasteiger partial charge is 0.465 e. The number of benzene rings is 2. The third-order valence-corrected chi connectivity index (χ3v) is 6.69. The van der Waals surface area contributed by atoms with E-state index in [0.717, 1.165) is 0 Å². The molecule has 2 aromatic rings. The summed E-state index contributed by atoms with van der Waals surface area (Å²) in [4.78, 5) is 24.8. The highest BCUT2D eigenvalue weighted by atomic mass is 35.5. The third kappa shape index (κ3) is 4.04. The van der Waals surface area contributed by atoms with E-state index in [1.54, 1.807) is 18.2 Å². The van der Waals surface area contributed by atoms with E-state index in [2.05, 4.69) is 5.32 Å². The van der Waals surface area contributed by atoms with Gasteiger partial charge in [0, 0.05) is 11.6 Å². The average Bonchev–Trinajstić information content (AvgIpc) is 3.19. The van der Waals surface area contributed by atoms with Crippen LogP contribution in [0.15, 0.2) is 53.4 Å². The standard InChI is InChI=1S/C19H19ClN2O5S/c1-27-19(24)15-5-2-3-6-16(15)21-18(23)17-7-4-12-22(17)28(25,26)14-10-8-13(20)9-11-14/h2-3,5-6,8-11,17H,4,7,12H2,1H3,(H,21,23)/t17-/m1/s1. The van der Waals surface area contributed by atoms with Crippen molar-refractivity contribution < 1.29 is 22.7 Å². The van der Waals surface area contributed by atoms with Crippen LogP contribution in [0.1, 0.15) is 23.2 Å². The van der Waals surface area contributed by atoms with Crippen LogP contribution in [0.2, 0.25) is 5.02 Å². The molecule has 2 aromatic carbocycles. The van der Waals surface area contributed by atoms with E-state index in [9.17, 15) is 18.0 Å². The van der Waals surface area contributed by atoms with Crippen LogP contribution in [0.5, 0.6) is 0 Å². The normalized spacial score (nSPS) is 17.3. The SMILES string of the molecule is COC(=O)c1ccccc1NC(=O)[C@H]1CCCN1S(=O)(=O)c1ccc(Cl)cc1. The van der Waals surface area contributed by atoms with E-state index in [-0.39, 0.29) is 22.7 Å². The number of carbonyl (C=O) groups excluding carboxylic acids is 2. The number of para-hydroxylation sites is 1. The molecule has 0 saturated carbocycles.